The number of carbonyl (C=O) groups is 1. The Hall–Kier alpha value is -1.36. The first kappa shape index (κ1) is 18.4. The van der Waals surface area contributed by atoms with Gasteiger partial charge >= 0.3 is 0 Å². The summed E-state index contributed by atoms with van der Waals surface area (Å²) >= 11 is 9.96. The standard InChI is InChI=1S/C15H9Br3N2O4S/c16-7-5-9(17)12(10(18)6-7)19-15(22)13-14(21)8-3-1-2-4-11(8)25(23,24)20-13/h1-6,20-21H,(H,19,22). The highest BCUT2D eigenvalue weighted by atomic mass is 79.9. The minimum Gasteiger partial charge on any atom is -0.505 e. The first-order chi connectivity index (χ1) is 11.7. The third-order valence-electron chi connectivity index (χ3n) is 3.38. The Balaban J connectivity index is 2.04. The number of fused-ring (bicyclic) bond motifs is 1. The molecule has 0 saturated heterocycles. The van der Waals surface area contributed by atoms with E-state index in [9.17, 15) is 18.3 Å². The fourth-order valence-corrected chi connectivity index (χ4v) is 6.00. The van der Waals surface area contributed by atoms with Crippen molar-refractivity contribution in [3.63, 3.8) is 0 Å². The Morgan fingerprint density at radius 2 is 1.68 bits per heavy atom. The van der Waals surface area contributed by atoms with Gasteiger partial charge in [0.2, 0.25) is 0 Å². The van der Waals surface area contributed by atoms with Crippen molar-refractivity contribution in [2.75, 3.05) is 5.32 Å². The maximum atomic E-state index is 12.6. The zero-order valence-corrected chi connectivity index (χ0v) is 17.8. The van der Waals surface area contributed by atoms with Crippen molar-refractivity contribution >= 4 is 75.2 Å². The molecule has 0 aromatic heterocycles. The highest BCUT2D eigenvalue weighted by molar-refractivity contribution is 9.11. The van der Waals surface area contributed by atoms with Gasteiger partial charge in [0, 0.05) is 19.0 Å². The number of amides is 1. The van der Waals surface area contributed by atoms with Gasteiger partial charge in [-0.2, -0.15) is 0 Å². The van der Waals surface area contributed by atoms with Crippen LogP contribution >= 0.6 is 47.8 Å². The van der Waals surface area contributed by atoms with E-state index in [0.29, 0.717) is 14.6 Å². The monoisotopic (exact) mass is 550 g/mol. The van der Waals surface area contributed by atoms with Crippen molar-refractivity contribution in [1.29, 1.82) is 0 Å². The summed E-state index contributed by atoms with van der Waals surface area (Å²) in [4.78, 5) is 12.5. The summed E-state index contributed by atoms with van der Waals surface area (Å²) in [6.45, 7) is 0. The number of aliphatic hydroxyl groups is 1. The molecule has 3 N–H and O–H groups in total. The van der Waals surface area contributed by atoms with Gasteiger partial charge in [0.25, 0.3) is 15.9 Å². The number of benzene rings is 2. The smallest absolute Gasteiger partial charge is 0.276 e. The Morgan fingerprint density at radius 1 is 1.08 bits per heavy atom. The quantitative estimate of drug-likeness (QED) is 0.522. The number of halogens is 3. The van der Waals surface area contributed by atoms with E-state index < -0.39 is 27.4 Å². The highest BCUT2D eigenvalue weighted by Gasteiger charge is 2.32. The molecule has 130 valence electrons. The molecule has 1 amide bonds. The zero-order chi connectivity index (χ0) is 18.4. The van der Waals surface area contributed by atoms with Crippen molar-refractivity contribution in [3.05, 3.63) is 61.1 Å². The van der Waals surface area contributed by atoms with E-state index in [-0.39, 0.29) is 10.5 Å². The van der Waals surface area contributed by atoms with E-state index >= 15 is 0 Å². The summed E-state index contributed by atoms with van der Waals surface area (Å²) in [6.07, 6.45) is 0. The van der Waals surface area contributed by atoms with Crippen LogP contribution in [-0.4, -0.2) is 19.4 Å². The number of nitrogens with one attached hydrogen (secondary N) is 2. The average Bonchev–Trinajstić information content (AvgIpc) is 2.54. The third-order valence-corrected chi connectivity index (χ3v) is 6.49. The van der Waals surface area contributed by atoms with E-state index in [0.717, 1.165) is 4.47 Å². The Bertz CT molecular complexity index is 1010. The third kappa shape index (κ3) is 3.48. The second-order valence-electron chi connectivity index (χ2n) is 5.02. The first-order valence-corrected chi connectivity index (χ1v) is 10.6. The van der Waals surface area contributed by atoms with Gasteiger partial charge < -0.3 is 10.4 Å². The summed E-state index contributed by atoms with van der Waals surface area (Å²) in [7, 11) is -3.95. The Labute approximate surface area is 168 Å². The van der Waals surface area contributed by atoms with Crippen molar-refractivity contribution in [1.82, 2.24) is 4.72 Å². The predicted octanol–water partition coefficient (Wildman–Crippen LogP) is 4.13. The summed E-state index contributed by atoms with van der Waals surface area (Å²) in [5.41, 5.74) is 0.0207. The SMILES string of the molecule is O=C(Nc1c(Br)cc(Br)cc1Br)C1=C(O)c2ccccc2S(=O)(=O)N1. The molecule has 1 heterocycles. The lowest BCUT2D eigenvalue weighted by molar-refractivity contribution is -0.113. The van der Waals surface area contributed by atoms with E-state index in [1.807, 2.05) is 0 Å². The Kier molecular flexibility index (Phi) is 4.97. The molecule has 0 bridgehead atoms. The fraction of sp³-hybridized carbons (Fsp3) is 0. The van der Waals surface area contributed by atoms with Crippen LogP contribution in [0.3, 0.4) is 0 Å². The second-order valence-corrected chi connectivity index (χ2v) is 9.30. The van der Waals surface area contributed by atoms with Crippen LogP contribution in [-0.2, 0) is 14.8 Å². The molecule has 2 aromatic rings. The van der Waals surface area contributed by atoms with Crippen molar-refractivity contribution < 1.29 is 18.3 Å². The van der Waals surface area contributed by atoms with Crippen molar-refractivity contribution in [3.8, 4) is 0 Å². The molecule has 0 aliphatic carbocycles. The van der Waals surface area contributed by atoms with Gasteiger partial charge in [-0.1, -0.05) is 28.1 Å². The molecule has 0 unspecified atom stereocenters. The van der Waals surface area contributed by atoms with E-state index in [1.165, 1.54) is 18.2 Å². The maximum Gasteiger partial charge on any atom is 0.276 e. The molecule has 0 saturated carbocycles. The lowest BCUT2D eigenvalue weighted by atomic mass is 10.1. The predicted molar refractivity (Wildman–Crippen MR) is 104 cm³/mol. The summed E-state index contributed by atoms with van der Waals surface area (Å²) in [5, 5.41) is 12.9. The number of rotatable bonds is 2. The van der Waals surface area contributed by atoms with Crippen LogP contribution in [0.4, 0.5) is 5.69 Å². The molecule has 0 spiro atoms. The lowest BCUT2D eigenvalue weighted by Gasteiger charge is -2.21. The molecule has 1 aliphatic heterocycles. The van der Waals surface area contributed by atoms with Crippen LogP contribution in [0.25, 0.3) is 5.76 Å². The van der Waals surface area contributed by atoms with Crippen LogP contribution in [0.2, 0.25) is 0 Å². The molecular formula is C15H9Br3N2O4S. The number of carbonyl (C=O) groups excluding carboxylic acids is 1. The topological polar surface area (TPSA) is 95.5 Å². The molecule has 25 heavy (non-hydrogen) atoms. The molecular weight excluding hydrogens is 544 g/mol. The highest BCUT2D eigenvalue weighted by Crippen LogP contribution is 2.35. The van der Waals surface area contributed by atoms with Crippen molar-refractivity contribution in [2.45, 2.75) is 4.90 Å². The number of hydrogen-bond donors (Lipinski definition) is 3. The minimum absolute atomic E-state index is 0.0698. The van der Waals surface area contributed by atoms with Gasteiger partial charge in [0.1, 0.15) is 0 Å². The number of sulfonamides is 1. The molecule has 6 nitrogen and oxygen atoms in total. The molecule has 1 aliphatic rings. The normalized spacial score (nSPS) is 15.3. The minimum atomic E-state index is -3.95. The molecule has 0 atom stereocenters. The van der Waals surface area contributed by atoms with Crippen LogP contribution in [0.1, 0.15) is 5.56 Å². The first-order valence-electron chi connectivity index (χ1n) is 6.72. The van der Waals surface area contributed by atoms with Gasteiger partial charge in [-0.3, -0.25) is 9.52 Å². The average molecular weight is 553 g/mol. The maximum absolute atomic E-state index is 12.6. The Morgan fingerprint density at radius 3 is 2.32 bits per heavy atom. The number of hydrogen-bond acceptors (Lipinski definition) is 4. The van der Waals surface area contributed by atoms with Crippen LogP contribution < -0.4 is 10.0 Å². The van der Waals surface area contributed by atoms with Gasteiger partial charge in [0.05, 0.1) is 10.6 Å². The summed E-state index contributed by atoms with van der Waals surface area (Å²) < 4.78 is 28.6. The van der Waals surface area contributed by atoms with Gasteiger partial charge in [-0.25, -0.2) is 8.42 Å². The van der Waals surface area contributed by atoms with Gasteiger partial charge in [0.15, 0.2) is 11.5 Å². The summed E-state index contributed by atoms with van der Waals surface area (Å²) in [5.74, 6) is -1.23. The molecule has 3 rings (SSSR count). The molecule has 0 fully saturated rings. The van der Waals surface area contributed by atoms with E-state index in [1.54, 1.807) is 18.2 Å². The summed E-state index contributed by atoms with van der Waals surface area (Å²) in [6, 6.07) is 9.33. The van der Waals surface area contributed by atoms with Crippen LogP contribution in [0, 0.1) is 0 Å². The van der Waals surface area contributed by atoms with Gasteiger partial charge in [-0.05, 0) is 56.1 Å². The van der Waals surface area contributed by atoms with Gasteiger partial charge in [-0.15, -0.1) is 0 Å². The van der Waals surface area contributed by atoms with Crippen LogP contribution in [0.15, 0.2) is 60.4 Å². The molecule has 0 radical (unpaired) electrons. The fourth-order valence-electron chi connectivity index (χ4n) is 2.26. The lowest BCUT2D eigenvalue weighted by Crippen LogP contribution is -2.35. The number of anilines is 1. The van der Waals surface area contributed by atoms with E-state index in [2.05, 4.69) is 57.8 Å². The molecule has 10 heteroatoms. The van der Waals surface area contributed by atoms with E-state index in [4.69, 9.17) is 0 Å². The van der Waals surface area contributed by atoms with Crippen LogP contribution in [0.5, 0.6) is 0 Å². The largest absolute Gasteiger partial charge is 0.505 e. The number of aliphatic hydroxyl groups excluding tert-OH is 1. The zero-order valence-electron chi connectivity index (χ0n) is 12.2. The molecule has 2 aromatic carbocycles. The van der Waals surface area contributed by atoms with Crippen molar-refractivity contribution in [2.24, 2.45) is 0 Å². The second kappa shape index (κ2) is 6.75.